The third-order valence-electron chi connectivity index (χ3n) is 3.80. The second-order valence-electron chi connectivity index (χ2n) is 5.49. The lowest BCUT2D eigenvalue weighted by Crippen LogP contribution is -2.12. The molecular weight excluding hydrogens is 370 g/mol. The van der Waals surface area contributed by atoms with Crippen LogP contribution in [0.3, 0.4) is 0 Å². The van der Waals surface area contributed by atoms with E-state index in [0.29, 0.717) is 5.56 Å². The van der Waals surface area contributed by atoms with Gasteiger partial charge < -0.3 is 8.92 Å². The summed E-state index contributed by atoms with van der Waals surface area (Å²) in [7, 11) is -3.04. The average Bonchev–Trinajstić information content (AvgIpc) is 2.68. The number of hydrogen-bond donors (Lipinski definition) is 0. The van der Waals surface area contributed by atoms with Gasteiger partial charge in [-0.3, -0.25) is 10.1 Å². The van der Waals surface area contributed by atoms with Gasteiger partial charge in [-0.1, -0.05) is 48.5 Å². The zero-order valence-corrected chi connectivity index (χ0v) is 15.0. The summed E-state index contributed by atoms with van der Waals surface area (Å²) in [6, 6.07) is 19.1. The molecule has 0 amide bonds. The predicted molar refractivity (Wildman–Crippen MR) is 99.3 cm³/mol. The van der Waals surface area contributed by atoms with Crippen LogP contribution < -0.4 is 8.92 Å². The Kier molecular flexibility index (Phi) is 5.09. The summed E-state index contributed by atoms with van der Waals surface area (Å²) < 4.78 is 35.9. The fourth-order valence-corrected chi connectivity index (χ4v) is 3.63. The van der Waals surface area contributed by atoms with Gasteiger partial charge in [-0.05, 0) is 17.7 Å². The van der Waals surface area contributed by atoms with E-state index in [0.717, 1.165) is 23.8 Å². The number of para-hydroxylation sites is 1. The van der Waals surface area contributed by atoms with Crippen LogP contribution in [0.5, 0.6) is 11.5 Å². The maximum absolute atomic E-state index is 12.8. The predicted octanol–water partition coefficient (Wildman–Crippen LogP) is 4.04. The fraction of sp³-hybridized carbons (Fsp3) is 0.0526. The number of rotatable bonds is 6. The van der Waals surface area contributed by atoms with Gasteiger partial charge in [0.05, 0.1) is 18.1 Å². The van der Waals surface area contributed by atoms with Crippen molar-refractivity contribution in [3.05, 3.63) is 82.9 Å². The first kappa shape index (κ1) is 18.4. The topological polar surface area (TPSA) is 95.7 Å². The molecule has 27 heavy (non-hydrogen) atoms. The molecule has 8 heteroatoms. The molecule has 0 saturated carbocycles. The van der Waals surface area contributed by atoms with Crippen molar-refractivity contribution < 1.29 is 22.3 Å². The van der Waals surface area contributed by atoms with Gasteiger partial charge in [-0.2, -0.15) is 8.42 Å². The Morgan fingerprint density at radius 3 is 2.22 bits per heavy atom. The van der Waals surface area contributed by atoms with Crippen LogP contribution in [-0.2, 0) is 10.1 Å². The van der Waals surface area contributed by atoms with E-state index >= 15 is 0 Å². The molecule has 0 spiro atoms. The quantitative estimate of drug-likeness (QED) is 0.361. The first-order valence-corrected chi connectivity index (χ1v) is 9.24. The highest BCUT2D eigenvalue weighted by molar-refractivity contribution is 7.87. The van der Waals surface area contributed by atoms with Crippen molar-refractivity contribution in [2.45, 2.75) is 4.90 Å². The number of nitrogens with zero attached hydrogens (tertiary/aromatic N) is 1. The molecule has 3 aromatic rings. The first-order valence-electron chi connectivity index (χ1n) is 7.84. The second kappa shape index (κ2) is 7.46. The third-order valence-corrected chi connectivity index (χ3v) is 5.07. The molecule has 0 atom stereocenters. The molecule has 138 valence electrons. The Morgan fingerprint density at radius 1 is 0.889 bits per heavy atom. The molecule has 7 nitrogen and oxygen atoms in total. The Labute approximate surface area is 156 Å². The number of hydrogen-bond acceptors (Lipinski definition) is 6. The highest BCUT2D eigenvalue weighted by Gasteiger charge is 2.25. The zero-order chi connectivity index (χ0) is 19.4. The minimum absolute atomic E-state index is 0.143. The summed E-state index contributed by atoms with van der Waals surface area (Å²) in [4.78, 5) is 9.96. The number of non-ortho nitro benzene ring substituents is 1. The highest BCUT2D eigenvalue weighted by atomic mass is 32.2. The number of nitro groups is 1. The Bertz CT molecular complexity index is 1080. The number of ether oxygens (including phenoxy) is 1. The maximum atomic E-state index is 12.8. The molecule has 0 radical (unpaired) electrons. The highest BCUT2D eigenvalue weighted by Crippen LogP contribution is 2.34. The van der Waals surface area contributed by atoms with E-state index in [-0.39, 0.29) is 22.1 Å². The van der Waals surface area contributed by atoms with Crippen LogP contribution in [0.15, 0.2) is 77.7 Å². The first-order chi connectivity index (χ1) is 12.9. The van der Waals surface area contributed by atoms with E-state index in [1.165, 1.54) is 13.2 Å². The lowest BCUT2D eigenvalue weighted by Gasteiger charge is -2.13. The van der Waals surface area contributed by atoms with Gasteiger partial charge in [0.25, 0.3) is 5.69 Å². The Balaban J connectivity index is 2.03. The standard InChI is InChI=1S/C19H15NO6S/c1-25-18-13-15(20(21)22)11-12-19(18)27(23,24)26-17-10-6-5-9-16(17)14-7-3-2-4-8-14/h2-13H,1H3. The molecule has 0 heterocycles. The van der Waals surface area contributed by atoms with E-state index in [2.05, 4.69) is 0 Å². The zero-order valence-electron chi connectivity index (χ0n) is 14.2. The van der Waals surface area contributed by atoms with E-state index in [9.17, 15) is 18.5 Å². The average molecular weight is 385 g/mol. The van der Waals surface area contributed by atoms with Crippen LogP contribution in [0.4, 0.5) is 5.69 Å². The summed E-state index contributed by atoms with van der Waals surface area (Å²) in [6.07, 6.45) is 0. The largest absolute Gasteiger partial charge is 0.495 e. The lowest BCUT2D eigenvalue weighted by molar-refractivity contribution is -0.385. The smallest absolute Gasteiger partial charge is 0.342 e. The van der Waals surface area contributed by atoms with Gasteiger partial charge >= 0.3 is 10.1 Å². The van der Waals surface area contributed by atoms with Crippen LogP contribution in [0.1, 0.15) is 0 Å². The molecule has 3 aromatic carbocycles. The SMILES string of the molecule is COc1cc([N+](=O)[O-])ccc1S(=O)(=O)Oc1ccccc1-c1ccccc1. The van der Waals surface area contributed by atoms with Crippen molar-refractivity contribution in [2.75, 3.05) is 7.11 Å². The summed E-state index contributed by atoms with van der Waals surface area (Å²) in [6.45, 7) is 0. The summed E-state index contributed by atoms with van der Waals surface area (Å²) in [5, 5.41) is 10.9. The molecule has 0 fully saturated rings. The van der Waals surface area contributed by atoms with Crippen LogP contribution in [0, 0.1) is 10.1 Å². The fourth-order valence-electron chi connectivity index (χ4n) is 2.53. The minimum Gasteiger partial charge on any atom is -0.495 e. The molecule has 0 unspecified atom stereocenters. The molecule has 0 saturated heterocycles. The number of benzene rings is 3. The van der Waals surface area contributed by atoms with Crippen molar-refractivity contribution in [1.82, 2.24) is 0 Å². The maximum Gasteiger partial charge on any atom is 0.342 e. The van der Waals surface area contributed by atoms with Crippen molar-refractivity contribution in [3.63, 3.8) is 0 Å². The van der Waals surface area contributed by atoms with Crippen LogP contribution in [-0.4, -0.2) is 20.5 Å². The van der Waals surface area contributed by atoms with E-state index in [1.807, 2.05) is 30.3 Å². The minimum atomic E-state index is -4.28. The van der Waals surface area contributed by atoms with Crippen LogP contribution in [0.2, 0.25) is 0 Å². The molecule has 0 aromatic heterocycles. The van der Waals surface area contributed by atoms with Crippen molar-refractivity contribution in [1.29, 1.82) is 0 Å². The van der Waals surface area contributed by atoms with Gasteiger partial charge in [0.15, 0.2) is 5.75 Å². The molecule has 0 aliphatic rings. The van der Waals surface area contributed by atoms with Crippen LogP contribution >= 0.6 is 0 Å². The third kappa shape index (κ3) is 3.90. The van der Waals surface area contributed by atoms with Crippen molar-refractivity contribution in [3.8, 4) is 22.6 Å². The summed E-state index contributed by atoms with van der Waals surface area (Å²) in [5.74, 6) is -0.0227. The van der Waals surface area contributed by atoms with E-state index in [1.54, 1.807) is 18.2 Å². The number of methoxy groups -OCH3 is 1. The van der Waals surface area contributed by atoms with Gasteiger partial charge in [0, 0.05) is 11.6 Å². The van der Waals surface area contributed by atoms with Gasteiger partial charge in [0.1, 0.15) is 10.6 Å². The van der Waals surface area contributed by atoms with Crippen molar-refractivity contribution in [2.24, 2.45) is 0 Å². The van der Waals surface area contributed by atoms with Gasteiger partial charge in [-0.15, -0.1) is 0 Å². The normalized spacial score (nSPS) is 11.0. The summed E-state index contributed by atoms with van der Waals surface area (Å²) >= 11 is 0. The van der Waals surface area contributed by atoms with Crippen molar-refractivity contribution >= 4 is 15.8 Å². The monoisotopic (exact) mass is 385 g/mol. The van der Waals surface area contributed by atoms with Gasteiger partial charge in [-0.25, -0.2) is 0 Å². The Hall–Kier alpha value is -3.39. The molecule has 0 N–H and O–H groups in total. The second-order valence-corrected chi connectivity index (χ2v) is 7.01. The molecule has 0 bridgehead atoms. The molecule has 3 rings (SSSR count). The lowest BCUT2D eigenvalue weighted by atomic mass is 10.1. The number of nitro benzene ring substituents is 1. The molecule has 0 aliphatic carbocycles. The van der Waals surface area contributed by atoms with E-state index in [4.69, 9.17) is 8.92 Å². The van der Waals surface area contributed by atoms with Crippen LogP contribution in [0.25, 0.3) is 11.1 Å². The molecular formula is C19H15NO6S. The van der Waals surface area contributed by atoms with E-state index < -0.39 is 15.0 Å². The van der Waals surface area contributed by atoms with Gasteiger partial charge in [0.2, 0.25) is 0 Å². The summed E-state index contributed by atoms with van der Waals surface area (Å²) in [5.41, 5.74) is 1.11. The Morgan fingerprint density at radius 2 is 1.56 bits per heavy atom. The molecule has 0 aliphatic heterocycles.